The fourth-order valence-electron chi connectivity index (χ4n) is 4.77. The lowest BCUT2D eigenvalue weighted by molar-refractivity contribution is -0.137. The molecule has 0 spiro atoms. The van der Waals surface area contributed by atoms with E-state index >= 15 is 0 Å². The van der Waals surface area contributed by atoms with Crippen LogP contribution < -0.4 is 0 Å². The van der Waals surface area contributed by atoms with E-state index in [1.807, 2.05) is 16.6 Å². The molecule has 0 bridgehead atoms. The van der Waals surface area contributed by atoms with Crippen molar-refractivity contribution in [2.45, 2.75) is 39.3 Å². The Labute approximate surface area is 178 Å². The molecule has 1 saturated heterocycles. The number of carbonyl (C=O) groups is 1. The van der Waals surface area contributed by atoms with Crippen LogP contribution >= 0.6 is 0 Å². The molecule has 3 heterocycles. The third kappa shape index (κ3) is 4.81. The first-order valence-electron chi connectivity index (χ1n) is 10.9. The van der Waals surface area contributed by atoms with Gasteiger partial charge in [0.1, 0.15) is 5.82 Å². The number of halogens is 1. The first kappa shape index (κ1) is 20.8. The highest BCUT2D eigenvalue weighted by molar-refractivity contribution is 5.80. The standard InChI is InChI=1S/C24H31FN4O/c1-18-21(16-27(2)26-18)17-28-13-10-20(11-14-28)23-5-3-4-12-29(24(23)30)15-19-6-8-22(25)9-7-19/h3-4,6-9,16,20,23H,5,10-15,17H2,1-2H3/t23-/m1/s1. The summed E-state index contributed by atoms with van der Waals surface area (Å²) in [7, 11) is 1.96. The lowest BCUT2D eigenvalue weighted by atomic mass is 9.81. The van der Waals surface area contributed by atoms with Crippen molar-refractivity contribution >= 4 is 5.91 Å². The zero-order valence-electron chi connectivity index (χ0n) is 17.9. The fourth-order valence-corrected chi connectivity index (χ4v) is 4.77. The minimum atomic E-state index is -0.244. The van der Waals surface area contributed by atoms with Crippen molar-refractivity contribution in [3.63, 3.8) is 0 Å². The smallest absolute Gasteiger partial charge is 0.226 e. The van der Waals surface area contributed by atoms with Crippen LogP contribution in [-0.2, 0) is 24.9 Å². The number of likely N-dealkylation sites (tertiary alicyclic amines) is 1. The highest BCUT2D eigenvalue weighted by Crippen LogP contribution is 2.31. The average molecular weight is 411 g/mol. The molecule has 0 radical (unpaired) electrons. The van der Waals surface area contributed by atoms with Crippen LogP contribution in [-0.4, -0.2) is 45.1 Å². The van der Waals surface area contributed by atoms with Gasteiger partial charge in [-0.1, -0.05) is 24.3 Å². The molecule has 30 heavy (non-hydrogen) atoms. The maximum Gasteiger partial charge on any atom is 0.226 e. The fraction of sp³-hybridized carbons (Fsp3) is 0.500. The quantitative estimate of drug-likeness (QED) is 0.706. The maximum absolute atomic E-state index is 13.3. The van der Waals surface area contributed by atoms with Crippen molar-refractivity contribution in [2.75, 3.05) is 19.6 Å². The van der Waals surface area contributed by atoms with E-state index in [0.717, 1.165) is 50.2 Å². The number of aryl methyl sites for hydroxylation is 2. The maximum atomic E-state index is 13.3. The summed E-state index contributed by atoms with van der Waals surface area (Å²) < 4.78 is 15.1. The molecular formula is C24H31FN4O. The SMILES string of the molecule is Cc1nn(C)cc1CN1CCC([C@H]2CC=CCN(Cc3ccc(F)cc3)C2=O)CC1. The molecule has 1 aromatic carbocycles. The van der Waals surface area contributed by atoms with Crippen molar-refractivity contribution in [2.24, 2.45) is 18.9 Å². The van der Waals surface area contributed by atoms with Gasteiger partial charge in [-0.2, -0.15) is 5.10 Å². The van der Waals surface area contributed by atoms with Crippen LogP contribution in [0.25, 0.3) is 0 Å². The lowest BCUT2D eigenvalue weighted by Crippen LogP contribution is -2.42. The molecule has 0 unspecified atom stereocenters. The number of rotatable bonds is 5. The molecule has 6 heteroatoms. The van der Waals surface area contributed by atoms with Gasteiger partial charge in [-0.05, 0) is 62.9 Å². The molecule has 2 aromatic rings. The van der Waals surface area contributed by atoms with Gasteiger partial charge in [0.2, 0.25) is 5.91 Å². The average Bonchev–Trinajstić information content (AvgIpc) is 2.94. The first-order chi connectivity index (χ1) is 14.5. The summed E-state index contributed by atoms with van der Waals surface area (Å²) in [5.41, 5.74) is 3.36. The van der Waals surface area contributed by atoms with Gasteiger partial charge in [0.05, 0.1) is 5.69 Å². The van der Waals surface area contributed by atoms with Crippen molar-refractivity contribution < 1.29 is 9.18 Å². The molecule has 0 aliphatic carbocycles. The zero-order valence-corrected chi connectivity index (χ0v) is 17.9. The van der Waals surface area contributed by atoms with E-state index in [4.69, 9.17) is 0 Å². The monoisotopic (exact) mass is 410 g/mol. The van der Waals surface area contributed by atoms with E-state index in [9.17, 15) is 9.18 Å². The van der Waals surface area contributed by atoms with Gasteiger partial charge in [-0.3, -0.25) is 14.4 Å². The Hall–Kier alpha value is -2.47. The Bertz CT molecular complexity index is 896. The topological polar surface area (TPSA) is 41.4 Å². The third-order valence-corrected chi connectivity index (χ3v) is 6.51. The van der Waals surface area contributed by atoms with E-state index in [0.29, 0.717) is 19.0 Å². The summed E-state index contributed by atoms with van der Waals surface area (Å²) in [6.07, 6.45) is 9.29. The summed E-state index contributed by atoms with van der Waals surface area (Å²) in [5, 5.41) is 4.44. The Morgan fingerprint density at radius 2 is 1.83 bits per heavy atom. The van der Waals surface area contributed by atoms with Gasteiger partial charge in [-0.25, -0.2) is 4.39 Å². The Kier molecular flexibility index (Phi) is 6.32. The van der Waals surface area contributed by atoms with Gasteiger partial charge in [0.15, 0.2) is 0 Å². The largest absolute Gasteiger partial charge is 0.334 e. The Balaban J connectivity index is 1.36. The Morgan fingerprint density at radius 3 is 2.50 bits per heavy atom. The molecule has 0 N–H and O–H groups in total. The molecular weight excluding hydrogens is 379 g/mol. The van der Waals surface area contributed by atoms with Crippen molar-refractivity contribution in [1.29, 1.82) is 0 Å². The highest BCUT2D eigenvalue weighted by atomic mass is 19.1. The van der Waals surface area contributed by atoms with Crippen LogP contribution in [0.2, 0.25) is 0 Å². The predicted molar refractivity (Wildman–Crippen MR) is 115 cm³/mol. The molecule has 2 aliphatic heterocycles. The molecule has 1 fully saturated rings. The van der Waals surface area contributed by atoms with Crippen LogP contribution in [0.1, 0.15) is 36.1 Å². The zero-order chi connectivity index (χ0) is 21.1. The first-order valence-corrected chi connectivity index (χ1v) is 10.9. The van der Waals surface area contributed by atoms with Crippen molar-refractivity contribution in [1.82, 2.24) is 19.6 Å². The van der Waals surface area contributed by atoms with E-state index in [1.165, 1.54) is 17.7 Å². The number of nitrogens with zero attached hydrogens (tertiary/aromatic N) is 4. The van der Waals surface area contributed by atoms with Crippen LogP contribution in [0.3, 0.4) is 0 Å². The second kappa shape index (κ2) is 9.13. The van der Waals surface area contributed by atoms with Gasteiger partial charge in [-0.15, -0.1) is 0 Å². The van der Waals surface area contributed by atoms with Gasteiger partial charge < -0.3 is 4.90 Å². The summed E-state index contributed by atoms with van der Waals surface area (Å²) in [5.74, 6) is 0.464. The van der Waals surface area contributed by atoms with Gasteiger partial charge >= 0.3 is 0 Å². The van der Waals surface area contributed by atoms with Crippen LogP contribution in [0.15, 0.2) is 42.6 Å². The minimum Gasteiger partial charge on any atom is -0.334 e. The van der Waals surface area contributed by atoms with E-state index in [-0.39, 0.29) is 17.6 Å². The van der Waals surface area contributed by atoms with Crippen LogP contribution in [0.4, 0.5) is 4.39 Å². The molecule has 1 amide bonds. The molecule has 1 atom stereocenters. The Morgan fingerprint density at radius 1 is 1.10 bits per heavy atom. The second-order valence-electron chi connectivity index (χ2n) is 8.69. The normalized spacial score (nSPS) is 21.2. The number of allylic oxidation sites excluding steroid dienone is 1. The number of piperidine rings is 1. The number of aromatic nitrogens is 2. The minimum absolute atomic E-state index is 0.0477. The number of hydrogen-bond acceptors (Lipinski definition) is 3. The highest BCUT2D eigenvalue weighted by Gasteiger charge is 2.34. The third-order valence-electron chi connectivity index (χ3n) is 6.51. The number of hydrogen-bond donors (Lipinski definition) is 0. The number of carbonyl (C=O) groups excluding carboxylic acids is 1. The van der Waals surface area contributed by atoms with Crippen molar-refractivity contribution in [3.8, 4) is 0 Å². The molecule has 5 nitrogen and oxygen atoms in total. The molecule has 2 aliphatic rings. The summed E-state index contributed by atoms with van der Waals surface area (Å²) in [6.45, 7) is 6.20. The molecule has 160 valence electrons. The van der Waals surface area contributed by atoms with Crippen LogP contribution in [0, 0.1) is 24.6 Å². The number of benzene rings is 1. The summed E-state index contributed by atoms with van der Waals surface area (Å²) in [6, 6.07) is 6.46. The van der Waals surface area contributed by atoms with Gasteiger partial charge in [0, 0.05) is 44.4 Å². The van der Waals surface area contributed by atoms with E-state index in [1.54, 1.807) is 12.1 Å². The molecule has 1 aromatic heterocycles. The predicted octanol–water partition coefficient (Wildman–Crippen LogP) is 3.68. The van der Waals surface area contributed by atoms with E-state index in [2.05, 4.69) is 35.3 Å². The molecule has 4 rings (SSSR count). The summed E-state index contributed by atoms with van der Waals surface area (Å²) in [4.78, 5) is 17.7. The van der Waals surface area contributed by atoms with E-state index < -0.39 is 0 Å². The number of amides is 1. The van der Waals surface area contributed by atoms with Crippen molar-refractivity contribution in [3.05, 3.63) is 65.3 Å². The molecule has 0 saturated carbocycles. The summed E-state index contributed by atoms with van der Waals surface area (Å²) >= 11 is 0. The lowest BCUT2D eigenvalue weighted by Gasteiger charge is -2.36. The van der Waals surface area contributed by atoms with Crippen LogP contribution in [0.5, 0.6) is 0 Å². The van der Waals surface area contributed by atoms with Gasteiger partial charge in [0.25, 0.3) is 0 Å². The second-order valence-corrected chi connectivity index (χ2v) is 8.69.